The van der Waals surface area contributed by atoms with Crippen LogP contribution in [0.3, 0.4) is 0 Å². The Morgan fingerprint density at radius 3 is 1.75 bits per heavy atom. The number of nitrogens with zero attached hydrogens (tertiary/aromatic N) is 2. The van der Waals surface area contributed by atoms with E-state index in [9.17, 15) is 0 Å². The van der Waals surface area contributed by atoms with Crippen molar-refractivity contribution in [2.24, 2.45) is 0 Å². The molecule has 2 heteroatoms. The molecule has 1 aromatic heterocycles. The van der Waals surface area contributed by atoms with Crippen molar-refractivity contribution < 1.29 is 0 Å². The van der Waals surface area contributed by atoms with Gasteiger partial charge >= 0.3 is 0 Å². The second-order valence-corrected chi connectivity index (χ2v) is 6.15. The van der Waals surface area contributed by atoms with Crippen molar-refractivity contribution in [2.75, 3.05) is 0 Å². The highest BCUT2D eigenvalue weighted by Crippen LogP contribution is 2.23. The second kappa shape index (κ2) is 7.87. The maximum atomic E-state index is 4.45. The SMILES string of the molecule is CCCCc1ccc(-c2ccc(-c3ncc(CC)cn3)cc2)cc1. The fourth-order valence-electron chi connectivity index (χ4n) is 2.74. The Bertz CT molecular complexity index is 757. The smallest absolute Gasteiger partial charge is 0.159 e. The molecule has 0 saturated heterocycles. The van der Waals surface area contributed by atoms with E-state index in [1.807, 2.05) is 12.4 Å². The molecule has 0 aliphatic carbocycles. The van der Waals surface area contributed by atoms with Crippen LogP contribution in [0.25, 0.3) is 22.5 Å². The van der Waals surface area contributed by atoms with Gasteiger partial charge in [-0.25, -0.2) is 9.97 Å². The number of rotatable bonds is 6. The first-order valence-electron chi connectivity index (χ1n) is 8.81. The number of aromatic nitrogens is 2. The molecule has 0 fully saturated rings. The first-order chi connectivity index (χ1) is 11.8. The van der Waals surface area contributed by atoms with E-state index in [0.29, 0.717) is 0 Å². The maximum absolute atomic E-state index is 4.45. The van der Waals surface area contributed by atoms with Gasteiger partial charge in [-0.15, -0.1) is 0 Å². The highest BCUT2D eigenvalue weighted by molar-refractivity contribution is 5.67. The van der Waals surface area contributed by atoms with Crippen molar-refractivity contribution in [3.63, 3.8) is 0 Å². The van der Waals surface area contributed by atoms with Crippen molar-refractivity contribution in [3.8, 4) is 22.5 Å². The Labute approximate surface area is 144 Å². The van der Waals surface area contributed by atoms with Gasteiger partial charge in [0.2, 0.25) is 0 Å². The number of hydrogen-bond acceptors (Lipinski definition) is 2. The summed E-state index contributed by atoms with van der Waals surface area (Å²) in [5, 5.41) is 0. The lowest BCUT2D eigenvalue weighted by Gasteiger charge is -2.06. The molecule has 2 nitrogen and oxygen atoms in total. The third-order valence-corrected chi connectivity index (χ3v) is 4.36. The molecular formula is C22H24N2. The van der Waals surface area contributed by atoms with Crippen LogP contribution < -0.4 is 0 Å². The fraction of sp³-hybridized carbons (Fsp3) is 0.273. The topological polar surface area (TPSA) is 25.8 Å². The lowest BCUT2D eigenvalue weighted by molar-refractivity contribution is 0.795. The van der Waals surface area contributed by atoms with Crippen LogP contribution >= 0.6 is 0 Å². The van der Waals surface area contributed by atoms with E-state index in [-0.39, 0.29) is 0 Å². The van der Waals surface area contributed by atoms with Crippen molar-refractivity contribution in [1.29, 1.82) is 0 Å². The van der Waals surface area contributed by atoms with Crippen LogP contribution in [0.2, 0.25) is 0 Å². The Balaban J connectivity index is 1.76. The molecule has 0 atom stereocenters. The third-order valence-electron chi connectivity index (χ3n) is 4.36. The van der Waals surface area contributed by atoms with Gasteiger partial charge in [0.25, 0.3) is 0 Å². The normalized spacial score (nSPS) is 10.8. The van der Waals surface area contributed by atoms with E-state index >= 15 is 0 Å². The minimum Gasteiger partial charge on any atom is -0.236 e. The maximum Gasteiger partial charge on any atom is 0.159 e. The standard InChI is InChI=1S/C22H24N2/c1-3-5-6-18-7-9-19(10-8-18)20-11-13-21(14-12-20)22-23-15-17(4-2)16-24-22/h7-16H,3-6H2,1-2H3. The minimum atomic E-state index is 0.786. The van der Waals surface area contributed by atoms with Gasteiger partial charge in [0, 0.05) is 18.0 Å². The van der Waals surface area contributed by atoms with E-state index in [0.717, 1.165) is 17.8 Å². The molecule has 0 unspecified atom stereocenters. The Kier molecular flexibility index (Phi) is 5.37. The lowest BCUT2D eigenvalue weighted by Crippen LogP contribution is -1.91. The van der Waals surface area contributed by atoms with Crippen LogP contribution in [0, 0.1) is 0 Å². The molecule has 0 aliphatic rings. The molecule has 3 aromatic rings. The van der Waals surface area contributed by atoms with Crippen LogP contribution in [0.15, 0.2) is 60.9 Å². The molecule has 3 rings (SSSR count). The summed E-state index contributed by atoms with van der Waals surface area (Å²) in [6.07, 6.45) is 8.44. The quantitative estimate of drug-likeness (QED) is 0.581. The molecule has 0 saturated carbocycles. The molecule has 2 aromatic carbocycles. The summed E-state index contributed by atoms with van der Waals surface area (Å²) < 4.78 is 0. The van der Waals surface area contributed by atoms with Crippen molar-refractivity contribution in [1.82, 2.24) is 9.97 Å². The largest absolute Gasteiger partial charge is 0.236 e. The number of benzene rings is 2. The van der Waals surface area contributed by atoms with E-state index in [1.54, 1.807) is 0 Å². The average Bonchev–Trinajstić information content (AvgIpc) is 2.67. The predicted molar refractivity (Wildman–Crippen MR) is 101 cm³/mol. The average molecular weight is 316 g/mol. The molecule has 122 valence electrons. The number of aryl methyl sites for hydroxylation is 2. The first-order valence-corrected chi connectivity index (χ1v) is 8.81. The van der Waals surface area contributed by atoms with E-state index in [1.165, 1.54) is 41.5 Å². The summed E-state index contributed by atoms with van der Waals surface area (Å²) in [6, 6.07) is 17.4. The molecule has 0 N–H and O–H groups in total. The van der Waals surface area contributed by atoms with Crippen LogP contribution in [0.1, 0.15) is 37.8 Å². The summed E-state index contributed by atoms with van der Waals surface area (Å²) in [4.78, 5) is 8.90. The molecule has 0 radical (unpaired) electrons. The van der Waals surface area contributed by atoms with E-state index in [2.05, 4.69) is 72.3 Å². The predicted octanol–water partition coefficient (Wildman–Crippen LogP) is 5.72. The summed E-state index contributed by atoms with van der Waals surface area (Å²) in [5.41, 5.74) is 6.12. The first kappa shape index (κ1) is 16.4. The minimum absolute atomic E-state index is 0.786. The highest BCUT2D eigenvalue weighted by Gasteiger charge is 2.03. The summed E-state index contributed by atoms with van der Waals surface area (Å²) in [5.74, 6) is 0.786. The van der Waals surface area contributed by atoms with Crippen LogP contribution in [0.4, 0.5) is 0 Å². The third kappa shape index (κ3) is 3.88. The number of unbranched alkanes of at least 4 members (excludes halogenated alkanes) is 1. The Morgan fingerprint density at radius 1 is 0.667 bits per heavy atom. The zero-order chi connectivity index (χ0) is 16.8. The van der Waals surface area contributed by atoms with Gasteiger partial charge in [-0.2, -0.15) is 0 Å². The van der Waals surface area contributed by atoms with Gasteiger partial charge in [-0.1, -0.05) is 68.8 Å². The molecule has 24 heavy (non-hydrogen) atoms. The Morgan fingerprint density at radius 2 is 1.21 bits per heavy atom. The van der Waals surface area contributed by atoms with Crippen LogP contribution in [-0.4, -0.2) is 9.97 Å². The molecule has 0 aliphatic heterocycles. The van der Waals surface area contributed by atoms with E-state index < -0.39 is 0 Å². The zero-order valence-electron chi connectivity index (χ0n) is 14.5. The van der Waals surface area contributed by atoms with Crippen molar-refractivity contribution >= 4 is 0 Å². The van der Waals surface area contributed by atoms with Gasteiger partial charge in [0.1, 0.15) is 0 Å². The van der Waals surface area contributed by atoms with Gasteiger partial charge in [0.15, 0.2) is 5.82 Å². The van der Waals surface area contributed by atoms with Gasteiger partial charge in [-0.3, -0.25) is 0 Å². The fourth-order valence-corrected chi connectivity index (χ4v) is 2.74. The number of hydrogen-bond donors (Lipinski definition) is 0. The second-order valence-electron chi connectivity index (χ2n) is 6.15. The van der Waals surface area contributed by atoms with Crippen molar-refractivity contribution in [3.05, 3.63) is 72.1 Å². The Hall–Kier alpha value is -2.48. The molecular weight excluding hydrogens is 292 g/mol. The van der Waals surface area contributed by atoms with Crippen LogP contribution in [-0.2, 0) is 12.8 Å². The molecule has 0 spiro atoms. The molecule has 0 amide bonds. The van der Waals surface area contributed by atoms with Gasteiger partial charge < -0.3 is 0 Å². The van der Waals surface area contributed by atoms with E-state index in [4.69, 9.17) is 0 Å². The monoisotopic (exact) mass is 316 g/mol. The zero-order valence-corrected chi connectivity index (χ0v) is 14.5. The van der Waals surface area contributed by atoms with Crippen molar-refractivity contribution in [2.45, 2.75) is 39.5 Å². The summed E-state index contributed by atoms with van der Waals surface area (Å²) in [7, 11) is 0. The summed E-state index contributed by atoms with van der Waals surface area (Å²) >= 11 is 0. The van der Waals surface area contributed by atoms with Gasteiger partial charge in [-0.05, 0) is 41.5 Å². The molecule has 0 bridgehead atoms. The van der Waals surface area contributed by atoms with Crippen LogP contribution in [0.5, 0.6) is 0 Å². The summed E-state index contributed by atoms with van der Waals surface area (Å²) in [6.45, 7) is 4.34. The highest BCUT2D eigenvalue weighted by atomic mass is 14.9. The lowest BCUT2D eigenvalue weighted by atomic mass is 10.0. The van der Waals surface area contributed by atoms with Gasteiger partial charge in [0.05, 0.1) is 0 Å². The molecule has 1 heterocycles.